The molecule has 2 fully saturated rings. The average molecular weight is 428 g/mol. The first-order chi connectivity index (χ1) is 13.9. The van der Waals surface area contributed by atoms with Gasteiger partial charge in [0.2, 0.25) is 0 Å². The van der Waals surface area contributed by atoms with Gasteiger partial charge in [-0.05, 0) is 68.2 Å². The third kappa shape index (κ3) is 2.78. The van der Waals surface area contributed by atoms with Gasteiger partial charge in [0.15, 0.2) is 0 Å². The lowest BCUT2D eigenvalue weighted by atomic mass is 9.70. The van der Waals surface area contributed by atoms with Gasteiger partial charge in [0.1, 0.15) is 0 Å². The fourth-order valence-electron chi connectivity index (χ4n) is 6.23. The molecule has 4 rings (SSSR count). The summed E-state index contributed by atoms with van der Waals surface area (Å²) in [6.07, 6.45) is 1.13. The third-order valence-corrected chi connectivity index (χ3v) is 10.0. The molecule has 1 N–H and O–H groups in total. The minimum atomic E-state index is -3.85. The highest BCUT2D eigenvalue weighted by atomic mass is 32.2. The van der Waals surface area contributed by atoms with Gasteiger partial charge in [-0.1, -0.05) is 56.7 Å². The Labute approximate surface area is 181 Å². The second-order valence-corrected chi connectivity index (χ2v) is 11.9. The first kappa shape index (κ1) is 21.4. The molecule has 5 heteroatoms. The fourth-order valence-corrected chi connectivity index (χ4v) is 8.07. The standard InChI is InChI=1S/C25H33NO3S/c1-16-14-17(2)21(18(3)15-16)26(30(28,29)19-10-8-7-9-11-19)22-20-12-13-25(6,23(22)27)24(20,4)5/h7-11,14-15,20,22-23,27H,12-13H2,1-6H3/t20-,22-,23-,25+/m1/s1. The first-order valence-corrected chi connectivity index (χ1v) is 12.2. The Hall–Kier alpha value is -1.85. The van der Waals surface area contributed by atoms with Gasteiger partial charge in [-0.15, -0.1) is 0 Å². The second-order valence-electron chi connectivity index (χ2n) is 10.1. The molecule has 0 unspecified atom stereocenters. The molecule has 162 valence electrons. The van der Waals surface area contributed by atoms with Crippen LogP contribution < -0.4 is 4.31 Å². The molecule has 4 atom stereocenters. The Balaban J connectivity index is 1.98. The number of aryl methyl sites for hydroxylation is 3. The van der Waals surface area contributed by atoms with E-state index >= 15 is 0 Å². The van der Waals surface area contributed by atoms with Gasteiger partial charge >= 0.3 is 0 Å². The molecule has 2 bridgehead atoms. The molecule has 2 aromatic carbocycles. The lowest BCUT2D eigenvalue weighted by molar-refractivity contribution is 0.00652. The summed E-state index contributed by atoms with van der Waals surface area (Å²) >= 11 is 0. The molecular weight excluding hydrogens is 394 g/mol. The summed E-state index contributed by atoms with van der Waals surface area (Å²) in [5, 5.41) is 11.5. The fraction of sp³-hybridized carbons (Fsp3) is 0.520. The summed E-state index contributed by atoms with van der Waals surface area (Å²) in [6.45, 7) is 12.5. The molecule has 2 aliphatic carbocycles. The number of sulfonamides is 1. The molecular formula is C25H33NO3S. The van der Waals surface area contributed by atoms with Crippen LogP contribution in [0, 0.1) is 37.5 Å². The van der Waals surface area contributed by atoms with Crippen molar-refractivity contribution < 1.29 is 13.5 Å². The lowest BCUT2D eigenvalue weighted by Gasteiger charge is -2.41. The van der Waals surface area contributed by atoms with Crippen molar-refractivity contribution in [2.24, 2.45) is 16.7 Å². The molecule has 0 saturated heterocycles. The van der Waals surface area contributed by atoms with E-state index in [9.17, 15) is 13.5 Å². The maximum absolute atomic E-state index is 14.1. The Morgan fingerprint density at radius 1 is 1.00 bits per heavy atom. The second kappa shape index (κ2) is 6.83. The van der Waals surface area contributed by atoms with E-state index in [1.807, 2.05) is 39.0 Å². The number of fused-ring (bicyclic) bond motifs is 2. The van der Waals surface area contributed by atoms with Gasteiger partial charge in [0.05, 0.1) is 22.7 Å². The molecule has 0 aliphatic heterocycles. The van der Waals surface area contributed by atoms with Crippen LogP contribution >= 0.6 is 0 Å². The third-order valence-electron chi connectivity index (χ3n) is 8.19. The quantitative estimate of drug-likeness (QED) is 0.748. The van der Waals surface area contributed by atoms with Crippen LogP contribution in [-0.2, 0) is 10.0 Å². The maximum atomic E-state index is 14.1. The van der Waals surface area contributed by atoms with Crippen molar-refractivity contribution in [2.75, 3.05) is 4.31 Å². The van der Waals surface area contributed by atoms with Crippen molar-refractivity contribution in [3.63, 3.8) is 0 Å². The Morgan fingerprint density at radius 2 is 1.57 bits per heavy atom. The smallest absolute Gasteiger partial charge is 0.264 e. The minimum absolute atomic E-state index is 0.0936. The number of hydrogen-bond donors (Lipinski definition) is 1. The van der Waals surface area contributed by atoms with E-state index in [4.69, 9.17) is 0 Å². The highest BCUT2D eigenvalue weighted by Crippen LogP contribution is 2.67. The summed E-state index contributed by atoms with van der Waals surface area (Å²) in [5.74, 6) is 0.0936. The molecule has 4 nitrogen and oxygen atoms in total. The van der Waals surface area contributed by atoms with Crippen LogP contribution in [0.25, 0.3) is 0 Å². The molecule has 0 spiro atoms. The molecule has 2 aliphatic rings. The van der Waals surface area contributed by atoms with E-state index in [2.05, 4.69) is 20.8 Å². The highest BCUT2D eigenvalue weighted by Gasteiger charge is 2.68. The molecule has 2 saturated carbocycles. The molecule has 2 aromatic rings. The normalized spacial score (nSPS) is 29.9. The van der Waals surface area contributed by atoms with E-state index < -0.39 is 22.2 Å². The van der Waals surface area contributed by atoms with Gasteiger partial charge in [-0.3, -0.25) is 4.31 Å². The summed E-state index contributed by atoms with van der Waals surface area (Å²) < 4.78 is 29.7. The summed E-state index contributed by atoms with van der Waals surface area (Å²) in [7, 11) is -3.85. The largest absolute Gasteiger partial charge is 0.390 e. The van der Waals surface area contributed by atoms with Crippen LogP contribution in [0.15, 0.2) is 47.4 Å². The van der Waals surface area contributed by atoms with Crippen LogP contribution in [0.2, 0.25) is 0 Å². The Kier molecular flexibility index (Phi) is 4.87. The highest BCUT2D eigenvalue weighted by molar-refractivity contribution is 7.92. The SMILES string of the molecule is Cc1cc(C)c(N([C@@H]2[C@H]3CC[C@@](C)([C@@H]2O)C3(C)C)S(=O)(=O)c2ccccc2)c(C)c1. The van der Waals surface area contributed by atoms with E-state index in [-0.39, 0.29) is 21.6 Å². The topological polar surface area (TPSA) is 57.6 Å². The zero-order chi connectivity index (χ0) is 22.1. The van der Waals surface area contributed by atoms with Gasteiger partial charge < -0.3 is 5.11 Å². The maximum Gasteiger partial charge on any atom is 0.264 e. The molecule has 0 radical (unpaired) electrons. The zero-order valence-corrected chi connectivity index (χ0v) is 19.6. The van der Waals surface area contributed by atoms with E-state index in [0.717, 1.165) is 29.5 Å². The van der Waals surface area contributed by atoms with Gasteiger partial charge in [0, 0.05) is 5.41 Å². The Bertz CT molecular complexity index is 1050. The number of anilines is 1. The monoisotopic (exact) mass is 427 g/mol. The number of nitrogens with zero attached hydrogens (tertiary/aromatic N) is 1. The number of rotatable bonds is 4. The van der Waals surface area contributed by atoms with Gasteiger partial charge in [-0.25, -0.2) is 8.42 Å². The number of aliphatic hydroxyl groups excluding tert-OH is 1. The van der Waals surface area contributed by atoms with Crippen molar-refractivity contribution in [1.29, 1.82) is 0 Å². The van der Waals surface area contributed by atoms with E-state index in [1.54, 1.807) is 28.6 Å². The minimum Gasteiger partial charge on any atom is -0.390 e. The summed E-state index contributed by atoms with van der Waals surface area (Å²) in [5.41, 5.74) is 3.20. The van der Waals surface area contributed by atoms with E-state index in [1.165, 1.54) is 0 Å². The molecule has 0 amide bonds. The first-order valence-electron chi connectivity index (χ1n) is 10.8. The van der Waals surface area contributed by atoms with Crippen molar-refractivity contribution in [3.8, 4) is 0 Å². The van der Waals surface area contributed by atoms with Gasteiger partial charge in [-0.2, -0.15) is 0 Å². The number of hydrogen-bond acceptors (Lipinski definition) is 3. The van der Waals surface area contributed by atoms with Crippen LogP contribution in [0.4, 0.5) is 5.69 Å². The molecule has 0 heterocycles. The van der Waals surface area contributed by atoms with Crippen molar-refractivity contribution >= 4 is 15.7 Å². The number of aliphatic hydroxyl groups is 1. The zero-order valence-electron chi connectivity index (χ0n) is 18.8. The van der Waals surface area contributed by atoms with Crippen LogP contribution in [0.3, 0.4) is 0 Å². The molecule has 0 aromatic heterocycles. The predicted molar refractivity (Wildman–Crippen MR) is 121 cm³/mol. The van der Waals surface area contributed by atoms with Crippen LogP contribution in [0.5, 0.6) is 0 Å². The van der Waals surface area contributed by atoms with Crippen molar-refractivity contribution in [3.05, 3.63) is 59.2 Å². The predicted octanol–water partition coefficient (Wildman–Crippen LogP) is 4.99. The molecule has 30 heavy (non-hydrogen) atoms. The van der Waals surface area contributed by atoms with Gasteiger partial charge in [0.25, 0.3) is 10.0 Å². The summed E-state index contributed by atoms with van der Waals surface area (Å²) in [6, 6.07) is 12.2. The van der Waals surface area contributed by atoms with Crippen molar-refractivity contribution in [2.45, 2.75) is 71.4 Å². The summed E-state index contributed by atoms with van der Waals surface area (Å²) in [4.78, 5) is 0.266. The van der Waals surface area contributed by atoms with Crippen LogP contribution in [0.1, 0.15) is 50.3 Å². The van der Waals surface area contributed by atoms with Crippen LogP contribution in [-0.4, -0.2) is 25.7 Å². The lowest BCUT2D eigenvalue weighted by Crippen LogP contribution is -2.52. The van der Waals surface area contributed by atoms with E-state index in [0.29, 0.717) is 5.69 Å². The Morgan fingerprint density at radius 3 is 2.07 bits per heavy atom. The van der Waals surface area contributed by atoms with Crippen molar-refractivity contribution in [1.82, 2.24) is 0 Å². The average Bonchev–Trinajstić information content (AvgIpc) is 2.98. The number of benzene rings is 2.